The van der Waals surface area contributed by atoms with Crippen LogP contribution >= 0.6 is 0 Å². The number of hydrogen-bond donors (Lipinski definition) is 0. The molecular formula is C10H20N. The van der Waals surface area contributed by atoms with Crippen LogP contribution in [-0.4, -0.2) is 24.5 Å². The van der Waals surface area contributed by atoms with Crippen LogP contribution in [0.15, 0.2) is 0 Å². The third-order valence-electron chi connectivity index (χ3n) is 2.71. The summed E-state index contributed by atoms with van der Waals surface area (Å²) in [7, 11) is 2.24. The van der Waals surface area contributed by atoms with Gasteiger partial charge in [-0.1, -0.05) is 26.2 Å². The fraction of sp³-hybridized carbons (Fsp3) is 0.900. The molecule has 1 radical (unpaired) electrons. The monoisotopic (exact) mass is 154 g/mol. The predicted molar refractivity (Wildman–Crippen MR) is 49.5 cm³/mol. The maximum Gasteiger partial charge on any atom is 0.00922 e. The Morgan fingerprint density at radius 1 is 1.27 bits per heavy atom. The second-order valence-corrected chi connectivity index (χ2v) is 3.63. The van der Waals surface area contributed by atoms with Gasteiger partial charge in [-0.2, -0.15) is 0 Å². The van der Waals surface area contributed by atoms with Crippen molar-refractivity contribution in [3.8, 4) is 0 Å². The fourth-order valence-corrected chi connectivity index (χ4v) is 1.95. The van der Waals surface area contributed by atoms with Gasteiger partial charge in [0.2, 0.25) is 0 Å². The van der Waals surface area contributed by atoms with E-state index in [9.17, 15) is 0 Å². The first-order valence-electron chi connectivity index (χ1n) is 4.84. The van der Waals surface area contributed by atoms with Gasteiger partial charge in [0.15, 0.2) is 0 Å². The van der Waals surface area contributed by atoms with E-state index in [-0.39, 0.29) is 0 Å². The molecule has 1 aliphatic carbocycles. The van der Waals surface area contributed by atoms with Crippen molar-refractivity contribution in [3.63, 3.8) is 0 Å². The molecule has 1 fully saturated rings. The highest BCUT2D eigenvalue weighted by Gasteiger charge is 2.16. The third kappa shape index (κ3) is 2.82. The maximum atomic E-state index is 3.88. The van der Waals surface area contributed by atoms with Gasteiger partial charge in [-0.25, -0.2) is 0 Å². The highest BCUT2D eigenvalue weighted by Crippen LogP contribution is 2.21. The lowest BCUT2D eigenvalue weighted by atomic mass is 9.94. The maximum absolute atomic E-state index is 3.88. The first-order valence-corrected chi connectivity index (χ1v) is 4.84. The van der Waals surface area contributed by atoms with Gasteiger partial charge in [-0.05, 0) is 32.9 Å². The number of nitrogens with zero attached hydrogens (tertiary/aromatic N) is 1. The van der Waals surface area contributed by atoms with E-state index in [0.717, 1.165) is 12.5 Å². The molecule has 0 amide bonds. The predicted octanol–water partition coefficient (Wildman–Crippen LogP) is 2.48. The Morgan fingerprint density at radius 2 is 1.91 bits per heavy atom. The second kappa shape index (κ2) is 4.76. The lowest BCUT2D eigenvalue weighted by Crippen LogP contribution is -2.33. The minimum atomic E-state index is 0.866. The Morgan fingerprint density at radius 3 is 2.45 bits per heavy atom. The molecule has 0 atom stereocenters. The average molecular weight is 154 g/mol. The standard InChI is InChI=1S/C10H20N/c1-3-9-11(2)10-7-5-4-6-8-10/h10H,1,3-9H2,2H3. The Bertz CT molecular complexity index is 95.0. The molecule has 0 aromatic rings. The summed E-state index contributed by atoms with van der Waals surface area (Å²) in [5.41, 5.74) is 0. The molecule has 1 saturated carbocycles. The molecule has 0 N–H and O–H groups in total. The van der Waals surface area contributed by atoms with Crippen LogP contribution in [0, 0.1) is 6.92 Å². The van der Waals surface area contributed by atoms with Crippen LogP contribution in [0.4, 0.5) is 0 Å². The van der Waals surface area contributed by atoms with Crippen molar-refractivity contribution >= 4 is 0 Å². The highest BCUT2D eigenvalue weighted by atomic mass is 15.1. The van der Waals surface area contributed by atoms with Crippen molar-refractivity contribution in [1.29, 1.82) is 0 Å². The summed E-state index contributed by atoms with van der Waals surface area (Å²) in [6.07, 6.45) is 8.20. The average Bonchev–Trinajstić information content (AvgIpc) is 2.07. The molecule has 0 heterocycles. The summed E-state index contributed by atoms with van der Waals surface area (Å²) in [6, 6.07) is 0.866. The van der Waals surface area contributed by atoms with Crippen LogP contribution in [0.5, 0.6) is 0 Å². The molecule has 11 heavy (non-hydrogen) atoms. The molecule has 0 aliphatic heterocycles. The van der Waals surface area contributed by atoms with E-state index in [1.807, 2.05) is 0 Å². The van der Waals surface area contributed by atoms with Gasteiger partial charge in [0.25, 0.3) is 0 Å². The van der Waals surface area contributed by atoms with E-state index in [1.54, 1.807) is 0 Å². The quantitative estimate of drug-likeness (QED) is 0.603. The van der Waals surface area contributed by atoms with Crippen molar-refractivity contribution in [2.24, 2.45) is 0 Å². The van der Waals surface area contributed by atoms with Gasteiger partial charge in [0.05, 0.1) is 0 Å². The van der Waals surface area contributed by atoms with E-state index in [0.29, 0.717) is 0 Å². The molecule has 0 aromatic heterocycles. The molecule has 1 nitrogen and oxygen atoms in total. The van der Waals surface area contributed by atoms with Gasteiger partial charge in [0.1, 0.15) is 0 Å². The van der Waals surface area contributed by atoms with Crippen molar-refractivity contribution in [2.45, 2.75) is 44.6 Å². The van der Waals surface area contributed by atoms with Crippen LogP contribution in [0.2, 0.25) is 0 Å². The Kier molecular flexibility index (Phi) is 3.92. The topological polar surface area (TPSA) is 3.24 Å². The van der Waals surface area contributed by atoms with E-state index >= 15 is 0 Å². The van der Waals surface area contributed by atoms with E-state index in [1.165, 1.54) is 38.6 Å². The van der Waals surface area contributed by atoms with Crippen LogP contribution in [0.25, 0.3) is 0 Å². The van der Waals surface area contributed by atoms with E-state index < -0.39 is 0 Å². The van der Waals surface area contributed by atoms with Crippen LogP contribution in [0.3, 0.4) is 0 Å². The molecule has 0 spiro atoms. The molecule has 0 aromatic carbocycles. The third-order valence-corrected chi connectivity index (χ3v) is 2.71. The van der Waals surface area contributed by atoms with E-state index in [4.69, 9.17) is 0 Å². The minimum absolute atomic E-state index is 0.866. The van der Waals surface area contributed by atoms with Crippen molar-refractivity contribution in [2.75, 3.05) is 13.6 Å². The molecule has 1 rings (SSSR count). The summed E-state index contributed by atoms with van der Waals surface area (Å²) in [6.45, 7) is 5.05. The first kappa shape index (κ1) is 9.05. The van der Waals surface area contributed by atoms with Crippen molar-refractivity contribution in [3.05, 3.63) is 6.92 Å². The molecule has 0 saturated heterocycles. The molecule has 65 valence electrons. The second-order valence-electron chi connectivity index (χ2n) is 3.63. The lowest BCUT2D eigenvalue weighted by molar-refractivity contribution is 0.194. The molecule has 0 unspecified atom stereocenters. The molecule has 1 aliphatic rings. The van der Waals surface area contributed by atoms with Crippen LogP contribution in [-0.2, 0) is 0 Å². The smallest absolute Gasteiger partial charge is 0.00922 e. The van der Waals surface area contributed by atoms with Crippen LogP contribution < -0.4 is 0 Å². The fourth-order valence-electron chi connectivity index (χ4n) is 1.95. The lowest BCUT2D eigenvalue weighted by Gasteiger charge is -2.30. The Labute approximate surface area is 70.8 Å². The van der Waals surface area contributed by atoms with Gasteiger partial charge in [0, 0.05) is 6.04 Å². The summed E-state index contributed by atoms with van der Waals surface area (Å²) >= 11 is 0. The normalized spacial score (nSPS) is 21.0. The molecule has 1 heteroatoms. The molecule has 0 bridgehead atoms. The minimum Gasteiger partial charge on any atom is -0.303 e. The largest absolute Gasteiger partial charge is 0.303 e. The summed E-state index contributed by atoms with van der Waals surface area (Å²) in [4.78, 5) is 2.48. The first-order chi connectivity index (χ1) is 5.34. The Balaban J connectivity index is 2.21. The van der Waals surface area contributed by atoms with Crippen LogP contribution in [0.1, 0.15) is 38.5 Å². The van der Waals surface area contributed by atoms with Crippen molar-refractivity contribution < 1.29 is 0 Å². The van der Waals surface area contributed by atoms with Crippen molar-refractivity contribution in [1.82, 2.24) is 4.90 Å². The zero-order valence-corrected chi connectivity index (χ0v) is 7.68. The van der Waals surface area contributed by atoms with Gasteiger partial charge in [-0.15, -0.1) is 0 Å². The summed E-state index contributed by atoms with van der Waals surface area (Å²) in [5, 5.41) is 0. The number of hydrogen-bond acceptors (Lipinski definition) is 1. The van der Waals surface area contributed by atoms with Gasteiger partial charge < -0.3 is 4.90 Å². The highest BCUT2D eigenvalue weighted by molar-refractivity contribution is 4.73. The summed E-state index contributed by atoms with van der Waals surface area (Å²) in [5.74, 6) is 0. The SMILES string of the molecule is [CH2]CCN(C)C1CCCCC1. The zero-order chi connectivity index (χ0) is 8.10. The van der Waals surface area contributed by atoms with Gasteiger partial charge in [-0.3, -0.25) is 0 Å². The Hall–Kier alpha value is -0.0400. The zero-order valence-electron chi connectivity index (χ0n) is 7.68. The van der Waals surface area contributed by atoms with E-state index in [2.05, 4.69) is 18.9 Å². The van der Waals surface area contributed by atoms with Gasteiger partial charge >= 0.3 is 0 Å². The molecular weight excluding hydrogens is 134 g/mol. The number of rotatable bonds is 3. The summed E-state index contributed by atoms with van der Waals surface area (Å²) < 4.78 is 0.